The third-order valence-corrected chi connectivity index (χ3v) is 4.15. The van der Waals surface area contributed by atoms with E-state index in [-0.39, 0.29) is 0 Å². The molecule has 0 bridgehead atoms. The first kappa shape index (κ1) is 12.8. The topological polar surface area (TPSA) is 37.0 Å². The summed E-state index contributed by atoms with van der Waals surface area (Å²) in [4.78, 5) is 4.54. The Labute approximate surface area is 109 Å². The van der Waals surface area contributed by atoms with E-state index >= 15 is 0 Å². The summed E-state index contributed by atoms with van der Waals surface area (Å²) in [6.45, 7) is 4.23. The monoisotopic (exact) mass is 283 g/mol. The van der Waals surface area contributed by atoms with Crippen LogP contribution in [0.25, 0.3) is 11.3 Å². The zero-order valence-corrected chi connectivity index (χ0v) is 12.6. The van der Waals surface area contributed by atoms with E-state index in [2.05, 4.69) is 58.1 Å². The molecule has 1 aromatic heterocycles. The van der Waals surface area contributed by atoms with Crippen molar-refractivity contribution in [1.29, 1.82) is 0 Å². The van der Waals surface area contributed by atoms with Crippen LogP contribution in [0.2, 0.25) is 0 Å². The van der Waals surface area contributed by atoms with Gasteiger partial charge in [-0.05, 0) is 42.9 Å². The summed E-state index contributed by atoms with van der Waals surface area (Å²) in [5.41, 5.74) is 3.37. The fourth-order valence-electron chi connectivity index (χ4n) is 1.44. The minimum absolute atomic E-state index is 0.693. The van der Waals surface area contributed by atoms with E-state index in [1.807, 2.05) is 0 Å². The van der Waals surface area contributed by atoms with Gasteiger partial charge in [-0.2, -0.15) is 0 Å². The Bertz CT molecular complexity index is 470. The van der Waals surface area contributed by atoms with Crippen molar-refractivity contribution >= 4 is 39.6 Å². The lowest BCUT2D eigenvalue weighted by Crippen LogP contribution is -1.84. The largest absolute Gasteiger partial charge is 0.367 e. The average Bonchev–Trinajstić information content (AvgIpc) is 2.80. The summed E-state index contributed by atoms with van der Waals surface area (Å²) < 4.78 is 0. The molecule has 90 valence electrons. The number of rotatable bonds is 5. The van der Waals surface area contributed by atoms with Crippen molar-refractivity contribution in [3.63, 3.8) is 0 Å². The van der Waals surface area contributed by atoms with Gasteiger partial charge in [0.05, 0.1) is 5.69 Å². The zero-order valence-electron chi connectivity index (χ0n) is 9.74. The van der Waals surface area contributed by atoms with Crippen molar-refractivity contribution in [2.75, 3.05) is 23.5 Å². The lowest BCUT2D eigenvalue weighted by Gasteiger charge is -2.03. The number of anilines is 2. The maximum atomic E-state index is 4.54. The summed E-state index contributed by atoms with van der Waals surface area (Å²) in [6, 6.07) is 8.41. The van der Waals surface area contributed by atoms with Crippen LogP contribution >= 0.6 is 28.8 Å². The highest BCUT2D eigenvalue weighted by molar-refractivity contribution is 7.40. The highest BCUT2D eigenvalue weighted by Gasteiger charge is 2.03. The molecule has 2 N–H and O–H groups in total. The van der Waals surface area contributed by atoms with Gasteiger partial charge < -0.3 is 10.2 Å². The van der Waals surface area contributed by atoms with Crippen molar-refractivity contribution in [3.8, 4) is 11.3 Å². The van der Waals surface area contributed by atoms with Crippen LogP contribution in [-0.4, -0.2) is 18.3 Å². The number of hydrogen-bond acceptors (Lipinski definition) is 4. The van der Waals surface area contributed by atoms with E-state index in [4.69, 9.17) is 0 Å². The van der Waals surface area contributed by atoms with Crippen molar-refractivity contribution in [1.82, 2.24) is 4.98 Å². The minimum Gasteiger partial charge on any atom is -0.367 e. The number of thiazole rings is 1. The Morgan fingerprint density at radius 3 is 2.41 bits per heavy atom. The molecular formula is C11H15N3P2S. The quantitative estimate of drug-likeness (QED) is 0.812. The molecule has 6 heteroatoms. The van der Waals surface area contributed by atoms with Gasteiger partial charge in [-0.1, -0.05) is 12.1 Å². The predicted molar refractivity (Wildman–Crippen MR) is 83.3 cm³/mol. The van der Waals surface area contributed by atoms with Crippen molar-refractivity contribution in [2.24, 2.45) is 0 Å². The highest BCUT2D eigenvalue weighted by Crippen LogP contribution is 2.28. The molecule has 17 heavy (non-hydrogen) atoms. The summed E-state index contributed by atoms with van der Waals surface area (Å²) in [5, 5.41) is 9.65. The molecule has 2 unspecified atom stereocenters. The molecule has 0 fully saturated rings. The van der Waals surface area contributed by atoms with E-state index < -0.39 is 0 Å². The van der Waals surface area contributed by atoms with E-state index in [1.54, 1.807) is 11.3 Å². The van der Waals surface area contributed by atoms with Crippen LogP contribution in [0.4, 0.5) is 10.8 Å². The molecule has 0 saturated carbocycles. The van der Waals surface area contributed by atoms with E-state index in [9.17, 15) is 0 Å². The smallest absolute Gasteiger partial charge is 0.186 e. The number of aromatic nitrogens is 1. The second-order valence-corrected chi connectivity index (χ2v) is 5.72. The summed E-state index contributed by atoms with van der Waals surface area (Å²) in [5.74, 6) is 0. The molecule has 2 rings (SSSR count). The molecule has 1 heterocycles. The molecule has 0 radical (unpaired) electrons. The molecule has 0 saturated heterocycles. The van der Waals surface area contributed by atoms with Gasteiger partial charge in [-0.15, -0.1) is 11.3 Å². The molecule has 0 aliphatic carbocycles. The molecule has 0 aliphatic rings. The Kier molecular flexibility index (Phi) is 4.73. The number of hydrogen-bond donors (Lipinski definition) is 2. The van der Waals surface area contributed by atoms with Crippen LogP contribution in [0.15, 0.2) is 29.6 Å². The summed E-state index contributed by atoms with van der Waals surface area (Å²) >= 11 is 1.65. The van der Waals surface area contributed by atoms with Crippen LogP contribution in [0.3, 0.4) is 0 Å². The van der Waals surface area contributed by atoms with Gasteiger partial charge in [0.15, 0.2) is 5.13 Å². The Morgan fingerprint density at radius 1 is 1.06 bits per heavy atom. The van der Waals surface area contributed by atoms with Crippen molar-refractivity contribution < 1.29 is 0 Å². The lowest BCUT2D eigenvalue weighted by molar-refractivity contribution is 1.41. The normalized spacial score (nSPS) is 11.6. The second-order valence-electron chi connectivity index (χ2n) is 3.37. The number of nitrogens with one attached hydrogen (secondary N) is 2. The van der Waals surface area contributed by atoms with E-state index in [0.29, 0.717) is 8.73 Å². The van der Waals surface area contributed by atoms with Crippen LogP contribution < -0.4 is 10.2 Å². The molecule has 2 atom stereocenters. The molecule has 0 aliphatic heterocycles. The number of benzene rings is 1. The first-order valence-electron chi connectivity index (χ1n) is 5.25. The molecule has 3 nitrogen and oxygen atoms in total. The summed E-state index contributed by atoms with van der Waals surface area (Å²) in [6.07, 6.45) is 0. The van der Waals surface area contributed by atoms with Crippen LogP contribution in [0, 0.1) is 0 Å². The average molecular weight is 283 g/mol. The molecule has 1 aromatic carbocycles. The molecular weight excluding hydrogens is 268 g/mol. The fraction of sp³-hybridized carbons (Fsp3) is 0.182. The second kappa shape index (κ2) is 6.30. The van der Waals surface area contributed by atoms with Crippen LogP contribution in [0.1, 0.15) is 0 Å². The van der Waals surface area contributed by atoms with Gasteiger partial charge in [-0.3, -0.25) is 0 Å². The first-order chi connectivity index (χ1) is 8.33. The number of nitrogens with zero attached hydrogens (tertiary/aromatic N) is 1. The van der Waals surface area contributed by atoms with Gasteiger partial charge in [0.25, 0.3) is 0 Å². The molecule has 2 aromatic rings. The van der Waals surface area contributed by atoms with Crippen molar-refractivity contribution in [2.45, 2.75) is 0 Å². The van der Waals surface area contributed by atoms with E-state index in [1.165, 1.54) is 11.3 Å². The Hall–Kier alpha value is -0.690. The van der Waals surface area contributed by atoms with Gasteiger partial charge in [0.2, 0.25) is 0 Å². The van der Waals surface area contributed by atoms with Crippen molar-refractivity contribution in [3.05, 3.63) is 29.6 Å². The van der Waals surface area contributed by atoms with Gasteiger partial charge in [0, 0.05) is 16.6 Å². The highest BCUT2D eigenvalue weighted by atomic mass is 32.1. The third kappa shape index (κ3) is 3.38. The Morgan fingerprint density at radius 2 is 1.76 bits per heavy atom. The van der Waals surface area contributed by atoms with Gasteiger partial charge in [0.1, 0.15) is 0 Å². The fourth-order valence-corrected chi connectivity index (χ4v) is 3.27. The Balaban J connectivity index is 2.15. The minimum atomic E-state index is 0.693. The maximum absolute atomic E-state index is 4.54. The van der Waals surface area contributed by atoms with Crippen LogP contribution in [-0.2, 0) is 0 Å². The zero-order chi connectivity index (χ0) is 12.1. The third-order valence-electron chi connectivity index (χ3n) is 2.19. The van der Waals surface area contributed by atoms with Gasteiger partial charge >= 0.3 is 0 Å². The van der Waals surface area contributed by atoms with Gasteiger partial charge in [-0.25, -0.2) is 4.98 Å². The standard InChI is InChI=1S/C11H15N3P2S/c1-15-13-9-5-3-8(4-6-9)10-7-17-11(12-10)14-16-2/h3-7,13,15-16H,1-2H3,(H,12,14). The maximum Gasteiger partial charge on any atom is 0.186 e. The first-order valence-corrected chi connectivity index (χ1v) is 9.13. The van der Waals surface area contributed by atoms with E-state index in [0.717, 1.165) is 19.6 Å². The van der Waals surface area contributed by atoms with Crippen LogP contribution in [0.5, 0.6) is 0 Å². The lowest BCUT2D eigenvalue weighted by atomic mass is 10.1. The molecule has 0 amide bonds. The molecule has 0 spiro atoms. The summed E-state index contributed by atoms with van der Waals surface area (Å²) in [7, 11) is 1.42. The predicted octanol–water partition coefficient (Wildman–Crippen LogP) is 4.08. The SMILES string of the molecule is CPNc1ccc(-c2csc(NPC)n2)cc1.